The lowest BCUT2D eigenvalue weighted by atomic mass is 9.96. The summed E-state index contributed by atoms with van der Waals surface area (Å²) in [4.78, 5) is 0. The molecule has 6 aromatic carbocycles. The zero-order chi connectivity index (χ0) is 30.3. The van der Waals surface area contributed by atoms with E-state index in [-0.39, 0.29) is 0 Å². The van der Waals surface area contributed by atoms with Gasteiger partial charge in [0.25, 0.3) is 0 Å². The molecule has 0 aliphatic heterocycles. The van der Waals surface area contributed by atoms with E-state index in [1.165, 1.54) is 59.4 Å². The minimum atomic E-state index is -2.74. The Kier molecular flexibility index (Phi) is 7.32. The fourth-order valence-electron chi connectivity index (χ4n) is 7.00. The number of fused-ring (bicyclic) bond motifs is 3. The zero-order valence-electron chi connectivity index (χ0n) is 26.0. The van der Waals surface area contributed by atoms with Crippen molar-refractivity contribution in [1.82, 2.24) is 4.57 Å². The van der Waals surface area contributed by atoms with Crippen LogP contribution in [0.25, 0.3) is 27.5 Å². The third-order valence-corrected chi connectivity index (χ3v) is 14.0. The van der Waals surface area contributed by atoms with E-state index in [1.807, 2.05) is 0 Å². The van der Waals surface area contributed by atoms with Gasteiger partial charge in [-0.1, -0.05) is 155 Å². The highest BCUT2D eigenvalue weighted by Gasteiger charge is 2.42. The Labute approximate surface area is 262 Å². The molecule has 0 fully saturated rings. The Morgan fingerprint density at radius 3 is 1.48 bits per heavy atom. The van der Waals surface area contributed by atoms with E-state index in [0.717, 1.165) is 0 Å². The molecule has 2 heteroatoms. The van der Waals surface area contributed by atoms with Crippen molar-refractivity contribution in [1.29, 1.82) is 0 Å². The predicted octanol–water partition coefficient (Wildman–Crippen LogP) is 8.41. The van der Waals surface area contributed by atoms with E-state index >= 15 is 0 Å². The van der Waals surface area contributed by atoms with Crippen LogP contribution in [0.3, 0.4) is 0 Å². The van der Waals surface area contributed by atoms with E-state index in [9.17, 15) is 0 Å². The first-order chi connectivity index (χ1) is 21.5. The smallest absolute Gasteiger partial charge is 0.179 e. The highest BCUT2D eigenvalue weighted by Crippen LogP contribution is 2.32. The normalized spacial score (nSPS) is 12.0. The fraction of sp³-hybridized carbons (Fsp3) is 0.143. The zero-order valence-corrected chi connectivity index (χ0v) is 27.0. The molecule has 7 rings (SSSR count). The van der Waals surface area contributed by atoms with Crippen LogP contribution < -0.4 is 20.7 Å². The van der Waals surface area contributed by atoms with Crippen LogP contribution >= 0.6 is 0 Å². The van der Waals surface area contributed by atoms with Gasteiger partial charge in [0.2, 0.25) is 0 Å². The molecule has 0 aliphatic rings. The molecule has 0 amide bonds. The molecule has 1 nitrogen and oxygen atoms in total. The number of hydrogen-bond acceptors (Lipinski definition) is 0. The van der Waals surface area contributed by atoms with E-state index < -0.39 is 8.07 Å². The van der Waals surface area contributed by atoms with Crippen molar-refractivity contribution in [2.45, 2.75) is 39.5 Å². The summed E-state index contributed by atoms with van der Waals surface area (Å²) in [6, 6.07) is 57.1. The monoisotopic (exact) mass is 585 g/mol. The molecule has 1 heterocycles. The lowest BCUT2D eigenvalue weighted by Crippen LogP contribution is -2.74. The van der Waals surface area contributed by atoms with Gasteiger partial charge in [0.15, 0.2) is 8.07 Å². The highest BCUT2D eigenvalue weighted by atomic mass is 28.3. The maximum atomic E-state index is 2.53. The van der Waals surface area contributed by atoms with E-state index in [0.29, 0.717) is 11.8 Å². The van der Waals surface area contributed by atoms with Crippen molar-refractivity contribution in [3.63, 3.8) is 0 Å². The molecule has 0 atom stereocenters. The molecular formula is C42H39NSi. The van der Waals surface area contributed by atoms with Crippen LogP contribution in [-0.4, -0.2) is 12.6 Å². The van der Waals surface area contributed by atoms with E-state index in [1.54, 1.807) is 0 Å². The fourth-order valence-corrected chi connectivity index (χ4v) is 11.8. The van der Waals surface area contributed by atoms with Gasteiger partial charge in [0, 0.05) is 16.5 Å². The van der Waals surface area contributed by atoms with Crippen LogP contribution in [0.4, 0.5) is 0 Å². The van der Waals surface area contributed by atoms with Gasteiger partial charge in [-0.25, -0.2) is 0 Å². The molecular weight excluding hydrogens is 547 g/mol. The molecule has 0 aliphatic carbocycles. The second-order valence-electron chi connectivity index (χ2n) is 12.6. The standard InChI is InChI=1S/C42H39NSi/c1-30(2)32-26-33(31(3)4)28-38(27-32)44(35-18-10-6-11-19-35,36-20-12-7-13-21-36)37-24-25-42-40(29-37)39-22-14-15-23-41(39)43(42)34-16-8-5-9-17-34/h5-31H,1-4H3. The molecule has 0 spiro atoms. The summed E-state index contributed by atoms with van der Waals surface area (Å²) in [5.74, 6) is 0.883. The van der Waals surface area contributed by atoms with Gasteiger partial charge in [-0.3, -0.25) is 0 Å². The number of benzene rings is 6. The summed E-state index contributed by atoms with van der Waals surface area (Å²) < 4.78 is 2.42. The largest absolute Gasteiger partial charge is 0.309 e. The Bertz CT molecular complexity index is 1990. The van der Waals surface area contributed by atoms with E-state index in [2.05, 4.69) is 184 Å². The van der Waals surface area contributed by atoms with Crippen LogP contribution in [0.5, 0.6) is 0 Å². The second-order valence-corrected chi connectivity index (χ2v) is 16.4. The number of para-hydroxylation sites is 2. The van der Waals surface area contributed by atoms with Crippen molar-refractivity contribution in [3.8, 4) is 5.69 Å². The Morgan fingerprint density at radius 1 is 0.409 bits per heavy atom. The lowest BCUT2D eigenvalue weighted by molar-refractivity contribution is 0.835. The highest BCUT2D eigenvalue weighted by molar-refractivity contribution is 7.20. The minimum absolute atomic E-state index is 0.442. The van der Waals surface area contributed by atoms with Gasteiger partial charge < -0.3 is 4.57 Å². The van der Waals surface area contributed by atoms with Crippen LogP contribution in [0.1, 0.15) is 50.7 Å². The number of rotatable bonds is 7. The van der Waals surface area contributed by atoms with Gasteiger partial charge in [0.05, 0.1) is 11.0 Å². The molecule has 0 saturated heterocycles. The summed E-state index contributed by atoms with van der Waals surface area (Å²) in [7, 11) is -2.74. The van der Waals surface area contributed by atoms with Crippen molar-refractivity contribution in [3.05, 3.63) is 163 Å². The quantitative estimate of drug-likeness (QED) is 0.131. The molecule has 0 unspecified atom stereocenters. The lowest BCUT2D eigenvalue weighted by Gasteiger charge is -2.35. The minimum Gasteiger partial charge on any atom is -0.309 e. The van der Waals surface area contributed by atoms with Crippen LogP contribution in [0.2, 0.25) is 0 Å². The summed E-state index contributed by atoms with van der Waals surface area (Å²) in [6.45, 7) is 9.29. The Hall–Kier alpha value is -4.66. The Morgan fingerprint density at radius 2 is 0.909 bits per heavy atom. The summed E-state index contributed by atoms with van der Waals surface area (Å²) in [5.41, 5.74) is 6.49. The van der Waals surface area contributed by atoms with Crippen molar-refractivity contribution < 1.29 is 0 Å². The summed E-state index contributed by atoms with van der Waals surface area (Å²) >= 11 is 0. The topological polar surface area (TPSA) is 4.93 Å². The first-order valence-electron chi connectivity index (χ1n) is 15.8. The first-order valence-corrected chi connectivity index (χ1v) is 17.8. The number of hydrogen-bond donors (Lipinski definition) is 0. The van der Waals surface area contributed by atoms with Gasteiger partial charge >= 0.3 is 0 Å². The predicted molar refractivity (Wildman–Crippen MR) is 193 cm³/mol. The second kappa shape index (κ2) is 11.4. The van der Waals surface area contributed by atoms with Gasteiger partial charge in [0.1, 0.15) is 0 Å². The molecule has 0 N–H and O–H groups in total. The molecule has 216 valence electrons. The maximum absolute atomic E-state index is 2.74. The van der Waals surface area contributed by atoms with Gasteiger partial charge in [-0.2, -0.15) is 0 Å². The van der Waals surface area contributed by atoms with Crippen LogP contribution in [-0.2, 0) is 0 Å². The third-order valence-electron chi connectivity index (χ3n) is 9.28. The first kappa shape index (κ1) is 28.1. The summed E-state index contributed by atoms with van der Waals surface area (Å²) in [6.07, 6.45) is 0. The molecule has 1 aromatic heterocycles. The van der Waals surface area contributed by atoms with Crippen LogP contribution in [0.15, 0.2) is 152 Å². The average molecular weight is 586 g/mol. The van der Waals surface area contributed by atoms with E-state index in [4.69, 9.17) is 0 Å². The maximum Gasteiger partial charge on any atom is 0.179 e. The van der Waals surface area contributed by atoms with Crippen molar-refractivity contribution >= 4 is 50.6 Å². The summed E-state index contributed by atoms with van der Waals surface area (Å²) in [5, 5.41) is 8.27. The number of aromatic nitrogens is 1. The molecule has 0 radical (unpaired) electrons. The Balaban J connectivity index is 1.63. The van der Waals surface area contributed by atoms with Crippen molar-refractivity contribution in [2.24, 2.45) is 0 Å². The molecule has 7 aromatic rings. The van der Waals surface area contributed by atoms with Crippen molar-refractivity contribution in [2.75, 3.05) is 0 Å². The molecule has 44 heavy (non-hydrogen) atoms. The third kappa shape index (κ3) is 4.62. The van der Waals surface area contributed by atoms with Crippen LogP contribution in [0, 0.1) is 0 Å². The SMILES string of the molecule is CC(C)c1cc(C(C)C)cc([Si](c2ccccc2)(c2ccccc2)c2ccc3c(c2)c2ccccc2n3-c2ccccc2)c1. The number of nitrogens with zero attached hydrogens (tertiary/aromatic N) is 1. The van der Waals surface area contributed by atoms with Gasteiger partial charge in [-0.05, 0) is 68.0 Å². The molecule has 0 bridgehead atoms. The molecule has 0 saturated carbocycles. The van der Waals surface area contributed by atoms with Gasteiger partial charge in [-0.15, -0.1) is 0 Å². The average Bonchev–Trinajstić information content (AvgIpc) is 3.40.